The summed E-state index contributed by atoms with van der Waals surface area (Å²) in [5.74, 6) is -2.72. The number of urea groups is 1. The third kappa shape index (κ3) is 5.84. The molecule has 3 amide bonds. The number of carbonyl (C=O) groups is 2. The van der Waals surface area contributed by atoms with Crippen LogP contribution in [0.25, 0.3) is 11.4 Å². The standard InChI is InChI=1S/C23H28BN9O5/c1-13(2)11-32-8-9-33(22(32)35)17-10-16(18(29-28-17)21(34)27-23(24,36)37)26-15-7-5-6-14(19(15)38-4)20-25-12-31(3)30-20/h5-7,10,12-13,36-37H,8-9,11H2,1-4H3,(H,26,28)(H,27,34). The highest BCUT2D eigenvalue weighted by molar-refractivity contribution is 6.15. The predicted octanol–water partition coefficient (Wildman–Crippen LogP) is 0.417. The van der Waals surface area contributed by atoms with Crippen LogP contribution in [-0.2, 0) is 7.05 Å². The van der Waals surface area contributed by atoms with Crippen LogP contribution >= 0.6 is 0 Å². The Labute approximate surface area is 220 Å². The molecule has 1 aromatic carbocycles. The molecule has 0 unspecified atom stereocenters. The Bertz CT molecular complexity index is 1340. The van der Waals surface area contributed by atoms with Gasteiger partial charge >= 0.3 is 6.03 Å². The van der Waals surface area contributed by atoms with Crippen LogP contribution in [0.2, 0.25) is 0 Å². The summed E-state index contributed by atoms with van der Waals surface area (Å²) in [5, 5.41) is 36.2. The van der Waals surface area contributed by atoms with Crippen LogP contribution in [0.1, 0.15) is 24.3 Å². The van der Waals surface area contributed by atoms with Gasteiger partial charge in [-0.25, -0.2) is 9.78 Å². The number of amides is 3. The second-order valence-electron chi connectivity index (χ2n) is 9.17. The van der Waals surface area contributed by atoms with Gasteiger partial charge in [0.05, 0.1) is 24.0 Å². The number of aliphatic hydroxyl groups is 2. The molecule has 0 bridgehead atoms. The minimum absolute atomic E-state index is 0.108. The van der Waals surface area contributed by atoms with E-state index in [0.29, 0.717) is 42.5 Å². The molecule has 0 aliphatic carbocycles. The molecular formula is C23H28BN9O5. The maximum absolute atomic E-state index is 13.0. The number of nitrogens with one attached hydrogen (secondary N) is 2. The Morgan fingerprint density at radius 3 is 2.63 bits per heavy atom. The number of anilines is 3. The van der Waals surface area contributed by atoms with Crippen LogP contribution in [0, 0.1) is 5.92 Å². The first-order chi connectivity index (χ1) is 18.0. The molecule has 4 N–H and O–H groups in total. The van der Waals surface area contributed by atoms with Crippen molar-refractivity contribution in [2.75, 3.05) is 37.0 Å². The minimum atomic E-state index is -2.99. The molecule has 3 heterocycles. The van der Waals surface area contributed by atoms with Gasteiger partial charge in [-0.1, -0.05) is 19.9 Å². The number of aromatic nitrogens is 5. The van der Waals surface area contributed by atoms with Crippen LogP contribution in [0.3, 0.4) is 0 Å². The predicted molar refractivity (Wildman–Crippen MR) is 138 cm³/mol. The van der Waals surface area contributed by atoms with Gasteiger partial charge in [-0.3, -0.25) is 14.4 Å². The van der Waals surface area contributed by atoms with Gasteiger partial charge < -0.3 is 30.5 Å². The molecule has 1 saturated heterocycles. The average Bonchev–Trinajstić information content (AvgIpc) is 3.43. The maximum atomic E-state index is 13.0. The fraction of sp³-hybridized carbons (Fsp3) is 0.391. The summed E-state index contributed by atoms with van der Waals surface area (Å²) < 4.78 is 7.18. The van der Waals surface area contributed by atoms with Gasteiger partial charge in [0.25, 0.3) is 5.91 Å². The summed E-state index contributed by atoms with van der Waals surface area (Å²) in [6, 6.07) is 6.45. The molecular weight excluding hydrogens is 493 g/mol. The molecule has 38 heavy (non-hydrogen) atoms. The van der Waals surface area contributed by atoms with E-state index in [1.54, 1.807) is 41.2 Å². The summed E-state index contributed by atoms with van der Waals surface area (Å²) in [5.41, 5.74) is 0.806. The molecule has 1 aliphatic rings. The van der Waals surface area contributed by atoms with Gasteiger partial charge in [0.2, 0.25) is 0 Å². The Morgan fingerprint density at radius 2 is 2.00 bits per heavy atom. The van der Waals surface area contributed by atoms with Crippen molar-refractivity contribution in [3.8, 4) is 17.1 Å². The van der Waals surface area contributed by atoms with Crippen LogP contribution < -0.4 is 20.3 Å². The van der Waals surface area contributed by atoms with Crippen molar-refractivity contribution >= 4 is 37.0 Å². The maximum Gasteiger partial charge on any atom is 0.325 e. The van der Waals surface area contributed by atoms with E-state index < -0.39 is 11.7 Å². The number of methoxy groups -OCH3 is 1. The van der Waals surface area contributed by atoms with Crippen LogP contribution in [0.5, 0.6) is 5.75 Å². The van der Waals surface area contributed by atoms with Crippen LogP contribution in [0.4, 0.5) is 22.0 Å². The smallest absolute Gasteiger partial charge is 0.325 e. The largest absolute Gasteiger partial charge is 0.494 e. The molecule has 0 saturated carbocycles. The van der Waals surface area contributed by atoms with Crippen molar-refractivity contribution in [3.63, 3.8) is 0 Å². The van der Waals surface area contributed by atoms with Crippen LogP contribution in [-0.4, -0.2) is 92.4 Å². The quantitative estimate of drug-likeness (QED) is 0.229. The van der Waals surface area contributed by atoms with Gasteiger partial charge in [-0.15, -0.1) is 10.2 Å². The summed E-state index contributed by atoms with van der Waals surface area (Å²) in [4.78, 5) is 33.2. The molecule has 2 aromatic heterocycles. The van der Waals surface area contributed by atoms with Crippen LogP contribution in [0.15, 0.2) is 30.6 Å². The van der Waals surface area contributed by atoms with E-state index in [9.17, 15) is 19.8 Å². The van der Waals surface area contributed by atoms with E-state index in [1.165, 1.54) is 18.1 Å². The molecule has 198 valence electrons. The number of para-hydroxylation sites is 1. The third-order valence-electron chi connectivity index (χ3n) is 5.58. The number of hydrogen-bond acceptors (Lipinski definition) is 10. The van der Waals surface area contributed by atoms with E-state index in [4.69, 9.17) is 12.6 Å². The van der Waals surface area contributed by atoms with E-state index in [0.717, 1.165) is 0 Å². The minimum Gasteiger partial charge on any atom is -0.494 e. The molecule has 1 fully saturated rings. The molecule has 0 spiro atoms. The fourth-order valence-electron chi connectivity index (χ4n) is 4.05. The van der Waals surface area contributed by atoms with Gasteiger partial charge in [0.1, 0.15) is 6.33 Å². The normalized spacial score (nSPS) is 13.8. The number of ether oxygens (including phenoxy) is 1. The lowest BCUT2D eigenvalue weighted by atomic mass is 10.0. The average molecular weight is 521 g/mol. The van der Waals surface area contributed by atoms with Crippen molar-refractivity contribution in [1.82, 2.24) is 35.2 Å². The Hall–Kier alpha value is -4.24. The summed E-state index contributed by atoms with van der Waals surface area (Å²) in [6.07, 6.45) is 1.55. The first-order valence-electron chi connectivity index (χ1n) is 11.8. The zero-order chi connectivity index (χ0) is 27.6. The van der Waals surface area contributed by atoms with Crippen molar-refractivity contribution in [2.24, 2.45) is 13.0 Å². The highest BCUT2D eigenvalue weighted by Gasteiger charge is 2.32. The molecule has 3 aromatic rings. The molecule has 4 rings (SSSR count). The highest BCUT2D eigenvalue weighted by Crippen LogP contribution is 2.37. The van der Waals surface area contributed by atoms with E-state index in [2.05, 4.69) is 25.6 Å². The van der Waals surface area contributed by atoms with Crippen molar-refractivity contribution in [1.29, 1.82) is 0 Å². The van der Waals surface area contributed by atoms with E-state index >= 15 is 0 Å². The van der Waals surface area contributed by atoms with Gasteiger partial charge in [-0.2, -0.15) is 5.10 Å². The lowest BCUT2D eigenvalue weighted by Gasteiger charge is -2.22. The Morgan fingerprint density at radius 1 is 1.24 bits per heavy atom. The van der Waals surface area contributed by atoms with Crippen molar-refractivity contribution in [2.45, 2.75) is 19.7 Å². The third-order valence-corrected chi connectivity index (χ3v) is 5.58. The number of aryl methyl sites for hydroxylation is 1. The zero-order valence-electron chi connectivity index (χ0n) is 21.4. The molecule has 14 nitrogen and oxygen atoms in total. The fourth-order valence-corrected chi connectivity index (χ4v) is 4.05. The first kappa shape index (κ1) is 26.8. The SMILES string of the molecule is [B]C(O)(O)NC(=O)c1nnc(N2CCN(CC(C)C)C2=O)cc1Nc1cccc(-c2ncn(C)n2)c1OC. The summed E-state index contributed by atoms with van der Waals surface area (Å²) in [6.45, 7) is 5.53. The summed E-state index contributed by atoms with van der Waals surface area (Å²) >= 11 is 0. The highest BCUT2D eigenvalue weighted by atomic mass is 16.5. The number of carbonyl (C=O) groups excluding carboxylic acids is 2. The molecule has 0 atom stereocenters. The second-order valence-corrected chi connectivity index (χ2v) is 9.17. The first-order valence-corrected chi connectivity index (χ1v) is 11.8. The number of nitrogens with zero attached hydrogens (tertiary/aromatic N) is 7. The summed E-state index contributed by atoms with van der Waals surface area (Å²) in [7, 11) is 8.34. The Balaban J connectivity index is 1.74. The molecule has 1 aliphatic heterocycles. The van der Waals surface area contributed by atoms with E-state index in [1.807, 2.05) is 19.2 Å². The topological polar surface area (TPSA) is 171 Å². The van der Waals surface area contributed by atoms with E-state index in [-0.39, 0.29) is 29.1 Å². The Kier molecular flexibility index (Phi) is 7.50. The van der Waals surface area contributed by atoms with Gasteiger partial charge in [0, 0.05) is 32.7 Å². The number of rotatable bonds is 9. The van der Waals surface area contributed by atoms with Crippen molar-refractivity contribution < 1.29 is 24.5 Å². The van der Waals surface area contributed by atoms with Gasteiger partial charge in [-0.05, 0) is 18.1 Å². The number of benzene rings is 1. The number of hydrogen-bond donors (Lipinski definition) is 4. The van der Waals surface area contributed by atoms with Crippen molar-refractivity contribution in [3.05, 3.63) is 36.3 Å². The lowest BCUT2D eigenvalue weighted by Crippen LogP contribution is -2.49. The molecule has 2 radical (unpaired) electrons. The lowest BCUT2D eigenvalue weighted by molar-refractivity contribution is -0.102. The monoisotopic (exact) mass is 521 g/mol. The zero-order valence-corrected chi connectivity index (χ0v) is 21.4. The second kappa shape index (κ2) is 10.6. The van der Waals surface area contributed by atoms with Gasteiger partial charge in [0.15, 0.2) is 36.7 Å². The molecule has 15 heteroatoms.